The molecule has 0 unspecified atom stereocenters. The van der Waals surface area contributed by atoms with Crippen LogP contribution in [0.5, 0.6) is 0 Å². The Morgan fingerprint density at radius 2 is 1.85 bits per heavy atom. The van der Waals surface area contributed by atoms with Gasteiger partial charge in [-0.25, -0.2) is 9.59 Å². The summed E-state index contributed by atoms with van der Waals surface area (Å²) >= 11 is 3.43. The predicted molar refractivity (Wildman–Crippen MR) is 103 cm³/mol. The fourth-order valence-corrected chi connectivity index (χ4v) is 3.29. The van der Waals surface area contributed by atoms with Crippen LogP contribution in [-0.2, 0) is 16.1 Å². The lowest BCUT2D eigenvalue weighted by Crippen LogP contribution is -2.57. The average molecular weight is 427 g/mol. The van der Waals surface area contributed by atoms with E-state index in [2.05, 4.69) is 15.9 Å². The lowest BCUT2D eigenvalue weighted by atomic mass is 10.1. The highest BCUT2D eigenvalue weighted by atomic mass is 79.9. The maximum atomic E-state index is 12.4. The Morgan fingerprint density at radius 3 is 2.46 bits per heavy atom. The molecule has 7 heteroatoms. The maximum absolute atomic E-state index is 12.4. The molecular formula is C19H27BrN2O4. The van der Waals surface area contributed by atoms with Gasteiger partial charge in [-0.1, -0.05) is 46.3 Å². The Labute approximate surface area is 163 Å². The zero-order valence-corrected chi connectivity index (χ0v) is 17.2. The summed E-state index contributed by atoms with van der Waals surface area (Å²) in [7, 11) is 0. The van der Waals surface area contributed by atoms with E-state index < -0.39 is 5.60 Å². The predicted octanol–water partition coefficient (Wildman–Crippen LogP) is 4.03. The van der Waals surface area contributed by atoms with E-state index in [0.717, 1.165) is 17.3 Å². The molecule has 2 rings (SSSR count). The number of carbonyl (C=O) groups excluding carboxylic acids is 2. The second kappa shape index (κ2) is 9.26. The number of rotatable bonds is 4. The number of benzene rings is 1. The molecule has 1 atom stereocenters. The van der Waals surface area contributed by atoms with Gasteiger partial charge in [0.1, 0.15) is 12.2 Å². The van der Waals surface area contributed by atoms with Crippen LogP contribution in [-0.4, -0.2) is 58.6 Å². The van der Waals surface area contributed by atoms with Crippen LogP contribution in [0.2, 0.25) is 0 Å². The minimum atomic E-state index is -0.540. The summed E-state index contributed by atoms with van der Waals surface area (Å²) in [6.07, 6.45) is 0.0554. The summed E-state index contributed by atoms with van der Waals surface area (Å²) in [4.78, 5) is 28.2. The van der Waals surface area contributed by atoms with Crippen LogP contribution in [0.4, 0.5) is 9.59 Å². The largest absolute Gasteiger partial charge is 0.445 e. The Kier molecular flexibility index (Phi) is 7.32. The third-order valence-electron chi connectivity index (χ3n) is 4.02. The molecule has 6 nitrogen and oxygen atoms in total. The molecule has 0 aromatic heterocycles. The van der Waals surface area contributed by atoms with Crippen molar-refractivity contribution in [1.29, 1.82) is 0 Å². The summed E-state index contributed by atoms with van der Waals surface area (Å²) in [6, 6.07) is 9.49. The molecule has 1 aliphatic heterocycles. The summed E-state index contributed by atoms with van der Waals surface area (Å²) in [6.45, 7) is 7.11. The molecule has 0 bridgehead atoms. The molecule has 1 aromatic rings. The van der Waals surface area contributed by atoms with Gasteiger partial charge >= 0.3 is 12.2 Å². The van der Waals surface area contributed by atoms with Crippen molar-refractivity contribution in [2.24, 2.45) is 0 Å². The summed E-state index contributed by atoms with van der Waals surface area (Å²) in [5, 5.41) is 0.740. The van der Waals surface area contributed by atoms with Crippen molar-refractivity contribution in [3.63, 3.8) is 0 Å². The Morgan fingerprint density at radius 1 is 1.15 bits per heavy atom. The highest BCUT2D eigenvalue weighted by molar-refractivity contribution is 9.09. The number of ether oxygens (including phenoxy) is 2. The molecule has 2 amide bonds. The molecule has 1 fully saturated rings. The first-order valence-corrected chi connectivity index (χ1v) is 9.93. The van der Waals surface area contributed by atoms with Crippen LogP contribution in [0.3, 0.4) is 0 Å². The molecule has 0 N–H and O–H groups in total. The lowest BCUT2D eigenvalue weighted by Gasteiger charge is -2.41. The molecule has 1 heterocycles. The summed E-state index contributed by atoms with van der Waals surface area (Å²) < 4.78 is 10.9. The van der Waals surface area contributed by atoms with E-state index >= 15 is 0 Å². The third kappa shape index (κ3) is 6.20. The van der Waals surface area contributed by atoms with E-state index in [4.69, 9.17) is 9.47 Å². The number of piperazine rings is 1. The first-order chi connectivity index (χ1) is 12.3. The van der Waals surface area contributed by atoms with Crippen LogP contribution in [0.1, 0.15) is 32.8 Å². The zero-order valence-electron chi connectivity index (χ0n) is 15.6. The van der Waals surface area contributed by atoms with E-state index in [0.29, 0.717) is 19.6 Å². The van der Waals surface area contributed by atoms with E-state index in [-0.39, 0.29) is 24.8 Å². The minimum Gasteiger partial charge on any atom is -0.445 e. The van der Waals surface area contributed by atoms with Gasteiger partial charge in [0.05, 0.1) is 6.04 Å². The zero-order chi connectivity index (χ0) is 19.2. The van der Waals surface area contributed by atoms with Crippen LogP contribution in [0.15, 0.2) is 30.3 Å². The fraction of sp³-hybridized carbons (Fsp3) is 0.579. The van der Waals surface area contributed by atoms with Crippen LogP contribution < -0.4 is 0 Å². The van der Waals surface area contributed by atoms with Gasteiger partial charge in [0, 0.05) is 25.0 Å². The second-order valence-electron chi connectivity index (χ2n) is 7.29. The van der Waals surface area contributed by atoms with E-state index in [1.54, 1.807) is 9.80 Å². The maximum Gasteiger partial charge on any atom is 0.410 e. The molecule has 1 aromatic carbocycles. The average Bonchev–Trinajstić information content (AvgIpc) is 2.59. The van der Waals surface area contributed by atoms with Gasteiger partial charge in [-0.05, 0) is 32.8 Å². The number of hydrogen-bond acceptors (Lipinski definition) is 4. The molecule has 0 saturated carbocycles. The highest BCUT2D eigenvalue weighted by Gasteiger charge is 2.35. The SMILES string of the molecule is CC(C)(C)OC(=O)N1CCN(C(=O)OCc2ccccc2)C[C@H]1CCBr. The van der Waals surface area contributed by atoms with Gasteiger partial charge in [-0.2, -0.15) is 0 Å². The first kappa shape index (κ1) is 20.6. The number of amides is 2. The smallest absolute Gasteiger partial charge is 0.410 e. The number of nitrogens with zero attached hydrogens (tertiary/aromatic N) is 2. The molecule has 1 aliphatic rings. The highest BCUT2D eigenvalue weighted by Crippen LogP contribution is 2.19. The van der Waals surface area contributed by atoms with E-state index in [1.807, 2.05) is 51.1 Å². The van der Waals surface area contributed by atoms with Crippen molar-refractivity contribution in [1.82, 2.24) is 9.80 Å². The summed E-state index contributed by atoms with van der Waals surface area (Å²) in [5.41, 5.74) is 0.409. The normalized spacial score (nSPS) is 17.8. The fourth-order valence-electron chi connectivity index (χ4n) is 2.77. The van der Waals surface area contributed by atoms with Crippen molar-refractivity contribution in [2.45, 2.75) is 45.4 Å². The van der Waals surface area contributed by atoms with Gasteiger partial charge in [-0.3, -0.25) is 0 Å². The van der Waals surface area contributed by atoms with Crippen molar-refractivity contribution in [2.75, 3.05) is 25.0 Å². The van der Waals surface area contributed by atoms with Gasteiger partial charge in [0.15, 0.2) is 0 Å². The monoisotopic (exact) mass is 426 g/mol. The quantitative estimate of drug-likeness (QED) is 0.681. The topological polar surface area (TPSA) is 59.1 Å². The first-order valence-electron chi connectivity index (χ1n) is 8.81. The van der Waals surface area contributed by atoms with E-state index in [9.17, 15) is 9.59 Å². The summed E-state index contributed by atoms with van der Waals surface area (Å²) in [5.74, 6) is 0. The van der Waals surface area contributed by atoms with Gasteiger partial charge in [-0.15, -0.1) is 0 Å². The van der Waals surface area contributed by atoms with Crippen molar-refractivity contribution >= 4 is 28.1 Å². The van der Waals surface area contributed by atoms with Gasteiger partial charge in [0.25, 0.3) is 0 Å². The molecule has 0 spiro atoms. The van der Waals surface area contributed by atoms with Gasteiger partial charge < -0.3 is 19.3 Å². The molecule has 0 aliphatic carbocycles. The Bertz CT molecular complexity index is 603. The molecule has 0 radical (unpaired) electrons. The second-order valence-corrected chi connectivity index (χ2v) is 8.08. The molecule has 144 valence electrons. The van der Waals surface area contributed by atoms with Crippen molar-refractivity contribution < 1.29 is 19.1 Å². The van der Waals surface area contributed by atoms with Crippen LogP contribution in [0.25, 0.3) is 0 Å². The van der Waals surface area contributed by atoms with Crippen LogP contribution in [0, 0.1) is 0 Å². The third-order valence-corrected chi connectivity index (χ3v) is 4.47. The van der Waals surface area contributed by atoms with E-state index in [1.165, 1.54) is 0 Å². The number of halogens is 1. The van der Waals surface area contributed by atoms with Crippen LogP contribution >= 0.6 is 15.9 Å². The molecule has 1 saturated heterocycles. The number of hydrogen-bond donors (Lipinski definition) is 0. The minimum absolute atomic E-state index is 0.0951. The van der Waals surface area contributed by atoms with Crippen molar-refractivity contribution in [3.8, 4) is 0 Å². The Hall–Kier alpha value is -1.76. The van der Waals surface area contributed by atoms with Gasteiger partial charge in [0.2, 0.25) is 0 Å². The molecular weight excluding hydrogens is 400 g/mol. The van der Waals surface area contributed by atoms with Crippen molar-refractivity contribution in [3.05, 3.63) is 35.9 Å². The number of alkyl halides is 1. The molecule has 26 heavy (non-hydrogen) atoms. The number of carbonyl (C=O) groups is 2. The standard InChI is InChI=1S/C19H27BrN2O4/c1-19(2,3)26-18(24)22-12-11-21(13-16(22)9-10-20)17(23)25-14-15-7-5-4-6-8-15/h4-8,16H,9-14H2,1-3H3/t16-/m1/s1. The Balaban J connectivity index is 1.93. The lowest BCUT2D eigenvalue weighted by molar-refractivity contribution is -0.00345.